The summed E-state index contributed by atoms with van der Waals surface area (Å²) in [5.41, 5.74) is 0.607. The molecular weight excluding hydrogens is 195 g/mol. The van der Waals surface area contributed by atoms with Gasteiger partial charge < -0.3 is 5.32 Å². The first-order valence-corrected chi connectivity index (χ1v) is 4.60. The van der Waals surface area contributed by atoms with Crippen LogP contribution in [0.15, 0.2) is 31.0 Å². The van der Waals surface area contributed by atoms with Crippen LogP contribution < -0.4 is 5.32 Å². The number of nitrogens with zero attached hydrogens (tertiary/aromatic N) is 3. The summed E-state index contributed by atoms with van der Waals surface area (Å²) in [7, 11) is 0. The summed E-state index contributed by atoms with van der Waals surface area (Å²) in [5, 5.41) is 7.09. The highest BCUT2D eigenvalue weighted by Crippen LogP contribution is 2.07. The van der Waals surface area contributed by atoms with Crippen LogP contribution in [0.25, 0.3) is 5.65 Å². The van der Waals surface area contributed by atoms with E-state index in [1.807, 2.05) is 6.92 Å². The third kappa shape index (κ3) is 1.96. The topological polar surface area (TPSA) is 42.2 Å². The van der Waals surface area contributed by atoms with E-state index in [0.717, 1.165) is 0 Å². The van der Waals surface area contributed by atoms with Crippen molar-refractivity contribution < 1.29 is 4.39 Å². The molecule has 4 nitrogen and oxygen atoms in total. The third-order valence-electron chi connectivity index (χ3n) is 2.01. The Morgan fingerprint density at radius 3 is 3.13 bits per heavy atom. The van der Waals surface area contributed by atoms with E-state index in [4.69, 9.17) is 0 Å². The van der Waals surface area contributed by atoms with Gasteiger partial charge in [-0.1, -0.05) is 6.08 Å². The summed E-state index contributed by atoms with van der Waals surface area (Å²) in [6.07, 6.45) is 3.03. The number of hydrogen-bond acceptors (Lipinski definition) is 3. The first kappa shape index (κ1) is 9.64. The zero-order valence-corrected chi connectivity index (χ0v) is 8.31. The number of anilines is 1. The van der Waals surface area contributed by atoms with E-state index in [0.29, 0.717) is 11.6 Å². The normalized spacial score (nSPS) is 12.7. The first-order valence-electron chi connectivity index (χ1n) is 4.60. The SMILES string of the molecule is C=CC(C)Nc1nc2ccc(F)cn2n1. The molecule has 2 heterocycles. The summed E-state index contributed by atoms with van der Waals surface area (Å²) in [6, 6.07) is 3.00. The van der Waals surface area contributed by atoms with Gasteiger partial charge in [0.2, 0.25) is 5.95 Å². The van der Waals surface area contributed by atoms with Gasteiger partial charge >= 0.3 is 0 Å². The van der Waals surface area contributed by atoms with Crippen LogP contribution in [-0.4, -0.2) is 20.6 Å². The van der Waals surface area contributed by atoms with Gasteiger partial charge in [0.25, 0.3) is 0 Å². The number of rotatable bonds is 3. The Morgan fingerprint density at radius 1 is 1.60 bits per heavy atom. The summed E-state index contributed by atoms with van der Waals surface area (Å²) < 4.78 is 14.2. The van der Waals surface area contributed by atoms with E-state index in [1.54, 1.807) is 12.1 Å². The molecule has 0 aliphatic carbocycles. The predicted molar refractivity (Wildman–Crippen MR) is 56.2 cm³/mol. The van der Waals surface area contributed by atoms with Crippen molar-refractivity contribution in [1.29, 1.82) is 0 Å². The molecule has 0 aliphatic rings. The van der Waals surface area contributed by atoms with Gasteiger partial charge in [0, 0.05) is 6.04 Å². The zero-order valence-electron chi connectivity index (χ0n) is 8.31. The summed E-state index contributed by atoms with van der Waals surface area (Å²) >= 11 is 0. The van der Waals surface area contributed by atoms with E-state index in [-0.39, 0.29) is 11.9 Å². The van der Waals surface area contributed by atoms with Crippen molar-refractivity contribution in [2.45, 2.75) is 13.0 Å². The molecule has 0 saturated carbocycles. The Bertz CT molecular complexity index is 491. The van der Waals surface area contributed by atoms with Crippen molar-refractivity contribution >= 4 is 11.6 Å². The van der Waals surface area contributed by atoms with Gasteiger partial charge in [-0.15, -0.1) is 11.7 Å². The molecule has 78 valence electrons. The third-order valence-corrected chi connectivity index (χ3v) is 2.01. The summed E-state index contributed by atoms with van der Waals surface area (Å²) in [4.78, 5) is 4.17. The molecule has 0 aliphatic heterocycles. The van der Waals surface area contributed by atoms with Gasteiger partial charge in [0.15, 0.2) is 5.65 Å². The molecule has 0 saturated heterocycles. The highest BCUT2D eigenvalue weighted by molar-refractivity contribution is 5.43. The van der Waals surface area contributed by atoms with E-state index in [1.165, 1.54) is 16.8 Å². The van der Waals surface area contributed by atoms with Gasteiger partial charge in [-0.25, -0.2) is 8.91 Å². The molecular formula is C10H11FN4. The monoisotopic (exact) mass is 206 g/mol. The lowest BCUT2D eigenvalue weighted by molar-refractivity contribution is 0.615. The van der Waals surface area contributed by atoms with Crippen molar-refractivity contribution in [1.82, 2.24) is 14.6 Å². The Kier molecular flexibility index (Phi) is 2.37. The van der Waals surface area contributed by atoms with Crippen molar-refractivity contribution in [2.75, 3.05) is 5.32 Å². The average Bonchev–Trinajstić information content (AvgIpc) is 2.59. The fourth-order valence-corrected chi connectivity index (χ4v) is 1.18. The Morgan fingerprint density at radius 2 is 2.40 bits per heavy atom. The molecule has 2 aromatic heterocycles. The van der Waals surface area contributed by atoms with E-state index in [2.05, 4.69) is 22.0 Å². The minimum Gasteiger partial charge on any atom is -0.347 e. The van der Waals surface area contributed by atoms with Gasteiger partial charge in [-0.2, -0.15) is 4.98 Å². The number of fused-ring (bicyclic) bond motifs is 1. The number of aromatic nitrogens is 3. The van der Waals surface area contributed by atoms with Crippen LogP contribution in [-0.2, 0) is 0 Å². The number of hydrogen-bond donors (Lipinski definition) is 1. The molecule has 1 N–H and O–H groups in total. The number of halogens is 1. The van der Waals surface area contributed by atoms with Crippen LogP contribution in [0, 0.1) is 5.82 Å². The number of pyridine rings is 1. The second-order valence-electron chi connectivity index (χ2n) is 3.25. The summed E-state index contributed by atoms with van der Waals surface area (Å²) in [6.45, 7) is 5.57. The largest absolute Gasteiger partial charge is 0.347 e. The second kappa shape index (κ2) is 3.68. The average molecular weight is 206 g/mol. The Labute approximate surface area is 86.4 Å². The Hall–Kier alpha value is -1.91. The van der Waals surface area contributed by atoms with Crippen molar-refractivity contribution in [3.05, 3.63) is 36.8 Å². The zero-order chi connectivity index (χ0) is 10.8. The van der Waals surface area contributed by atoms with Crippen LogP contribution in [0.5, 0.6) is 0 Å². The first-order chi connectivity index (χ1) is 7.19. The molecule has 1 atom stereocenters. The van der Waals surface area contributed by atoms with Crippen LogP contribution >= 0.6 is 0 Å². The fraction of sp³-hybridized carbons (Fsp3) is 0.200. The molecule has 0 bridgehead atoms. The van der Waals surface area contributed by atoms with Crippen LogP contribution in [0.3, 0.4) is 0 Å². The van der Waals surface area contributed by atoms with Gasteiger partial charge in [-0.05, 0) is 19.1 Å². The summed E-state index contributed by atoms with van der Waals surface area (Å²) in [5.74, 6) is 0.128. The lowest BCUT2D eigenvalue weighted by Crippen LogP contribution is -2.12. The lowest BCUT2D eigenvalue weighted by Gasteiger charge is -2.04. The molecule has 0 aromatic carbocycles. The minimum atomic E-state index is -0.337. The van der Waals surface area contributed by atoms with Crippen molar-refractivity contribution in [2.24, 2.45) is 0 Å². The maximum atomic E-state index is 12.8. The lowest BCUT2D eigenvalue weighted by atomic mass is 10.3. The molecule has 0 fully saturated rings. The van der Waals surface area contributed by atoms with Gasteiger partial charge in [0.05, 0.1) is 6.20 Å². The molecule has 1 unspecified atom stereocenters. The van der Waals surface area contributed by atoms with Crippen molar-refractivity contribution in [3.63, 3.8) is 0 Å². The molecule has 5 heteroatoms. The van der Waals surface area contributed by atoms with Gasteiger partial charge in [-0.3, -0.25) is 0 Å². The smallest absolute Gasteiger partial charge is 0.243 e. The van der Waals surface area contributed by atoms with E-state index >= 15 is 0 Å². The predicted octanol–water partition coefficient (Wildman–Crippen LogP) is 1.85. The standard InChI is InChI=1S/C10H11FN4/c1-3-7(2)12-10-13-9-5-4-8(11)6-15(9)14-10/h3-7H,1H2,2H3,(H,12,14). The molecule has 0 amide bonds. The van der Waals surface area contributed by atoms with E-state index in [9.17, 15) is 4.39 Å². The minimum absolute atomic E-state index is 0.0762. The van der Waals surface area contributed by atoms with Crippen molar-refractivity contribution in [3.8, 4) is 0 Å². The van der Waals surface area contributed by atoms with Crippen LogP contribution in [0.4, 0.5) is 10.3 Å². The highest BCUT2D eigenvalue weighted by atomic mass is 19.1. The Balaban J connectivity index is 2.34. The van der Waals surface area contributed by atoms with Crippen LogP contribution in [0.2, 0.25) is 0 Å². The highest BCUT2D eigenvalue weighted by Gasteiger charge is 2.05. The fourth-order valence-electron chi connectivity index (χ4n) is 1.18. The maximum absolute atomic E-state index is 12.8. The molecule has 0 radical (unpaired) electrons. The second-order valence-corrected chi connectivity index (χ2v) is 3.25. The molecule has 2 aromatic rings. The molecule has 2 rings (SSSR count). The van der Waals surface area contributed by atoms with E-state index < -0.39 is 0 Å². The van der Waals surface area contributed by atoms with Crippen LogP contribution in [0.1, 0.15) is 6.92 Å². The quantitative estimate of drug-likeness (QED) is 0.779. The van der Waals surface area contributed by atoms with Gasteiger partial charge in [0.1, 0.15) is 5.82 Å². The molecule has 15 heavy (non-hydrogen) atoms. The maximum Gasteiger partial charge on any atom is 0.243 e. The molecule has 0 spiro atoms. The number of nitrogens with one attached hydrogen (secondary N) is 1.